The summed E-state index contributed by atoms with van der Waals surface area (Å²) in [6.07, 6.45) is 0. The van der Waals surface area contributed by atoms with Crippen LogP contribution < -0.4 is 0 Å². The molecule has 1 radical (unpaired) electrons. The van der Waals surface area contributed by atoms with Gasteiger partial charge in [-0.1, -0.05) is 23.7 Å². The summed E-state index contributed by atoms with van der Waals surface area (Å²) in [5.74, 6) is 0. The molecule has 0 aliphatic heterocycles. The number of hydrogen-bond donors (Lipinski definition) is 1. The van der Waals surface area contributed by atoms with Crippen molar-refractivity contribution in [1.82, 2.24) is 4.98 Å². The molecule has 0 aliphatic carbocycles. The van der Waals surface area contributed by atoms with Gasteiger partial charge in [0.25, 0.3) is 0 Å². The zero-order chi connectivity index (χ0) is 7.84. The van der Waals surface area contributed by atoms with Crippen LogP contribution in [0.2, 0.25) is 5.15 Å². The molecule has 1 heterocycles. The first-order valence-corrected chi connectivity index (χ1v) is 3.81. The predicted molar refractivity (Wildman–Crippen MR) is 46.9 cm³/mol. The molecule has 0 amide bonds. The molecule has 0 aliphatic rings. The molecule has 0 saturated carbocycles. The predicted octanol–water partition coefficient (Wildman–Crippen LogP) is 2.93. The van der Waals surface area contributed by atoms with Crippen LogP contribution in [0.15, 0.2) is 18.2 Å². The van der Waals surface area contributed by atoms with Gasteiger partial charge in [0.15, 0.2) is 0 Å². The molecule has 2 rings (SSSR count). The van der Waals surface area contributed by atoms with Crippen LogP contribution >= 0.6 is 11.6 Å². The van der Waals surface area contributed by atoms with Crippen molar-refractivity contribution in [3.05, 3.63) is 35.0 Å². The number of benzene rings is 1. The lowest BCUT2D eigenvalue weighted by molar-refractivity contribution is 1.46. The zero-order valence-electron chi connectivity index (χ0n) is 6.11. The summed E-state index contributed by atoms with van der Waals surface area (Å²) in [6.45, 7) is 2.04. The Morgan fingerprint density at radius 3 is 3.00 bits per heavy atom. The molecule has 55 valence electrons. The minimum atomic E-state index is 0.578. The molecule has 2 heteroatoms. The van der Waals surface area contributed by atoms with E-state index in [2.05, 4.69) is 11.1 Å². The summed E-state index contributed by atoms with van der Waals surface area (Å²) in [5, 5.41) is 1.66. The molecule has 0 spiro atoms. The molecule has 2 aromatic rings. The highest BCUT2D eigenvalue weighted by atomic mass is 35.5. The van der Waals surface area contributed by atoms with Crippen molar-refractivity contribution in [3.63, 3.8) is 0 Å². The second kappa shape index (κ2) is 2.28. The molecule has 11 heavy (non-hydrogen) atoms. The van der Waals surface area contributed by atoms with Crippen molar-refractivity contribution >= 4 is 22.5 Å². The average molecular weight is 165 g/mol. The van der Waals surface area contributed by atoms with E-state index in [9.17, 15) is 0 Å². The lowest BCUT2D eigenvalue weighted by atomic mass is 10.1. The zero-order valence-corrected chi connectivity index (χ0v) is 6.87. The van der Waals surface area contributed by atoms with Crippen molar-refractivity contribution in [2.75, 3.05) is 0 Å². The molecule has 0 fully saturated rings. The Morgan fingerprint density at radius 2 is 2.27 bits per heavy atom. The van der Waals surface area contributed by atoms with E-state index in [0.29, 0.717) is 5.15 Å². The molecule has 1 aromatic carbocycles. The van der Waals surface area contributed by atoms with Crippen LogP contribution in [0.1, 0.15) is 5.56 Å². The van der Waals surface area contributed by atoms with E-state index in [1.54, 1.807) is 0 Å². The van der Waals surface area contributed by atoms with Gasteiger partial charge in [0.1, 0.15) is 5.15 Å². The Hall–Kier alpha value is -0.950. The molecule has 1 N–H and O–H groups in total. The Bertz CT molecular complexity index is 389. The van der Waals surface area contributed by atoms with Gasteiger partial charge in [-0.15, -0.1) is 0 Å². The Labute approximate surface area is 70.0 Å². The van der Waals surface area contributed by atoms with Gasteiger partial charge in [0.2, 0.25) is 0 Å². The SMILES string of the molecule is Cc1cccc2[nH]c(Cl)[c]c12. The van der Waals surface area contributed by atoms with E-state index in [-0.39, 0.29) is 0 Å². The second-order valence-corrected chi connectivity index (χ2v) is 2.94. The van der Waals surface area contributed by atoms with E-state index in [1.807, 2.05) is 25.1 Å². The fourth-order valence-corrected chi connectivity index (χ4v) is 1.39. The summed E-state index contributed by atoms with van der Waals surface area (Å²) in [6, 6.07) is 9.07. The number of aromatic nitrogens is 1. The maximum absolute atomic E-state index is 5.74. The number of fused-ring (bicyclic) bond motifs is 1. The molecule has 0 saturated heterocycles. The minimum absolute atomic E-state index is 0.578. The van der Waals surface area contributed by atoms with Crippen LogP contribution in [-0.4, -0.2) is 4.98 Å². The maximum atomic E-state index is 5.74. The lowest BCUT2D eigenvalue weighted by Crippen LogP contribution is -1.71. The van der Waals surface area contributed by atoms with Gasteiger partial charge in [-0.05, 0) is 18.6 Å². The number of nitrogens with one attached hydrogen (secondary N) is 1. The van der Waals surface area contributed by atoms with Gasteiger partial charge >= 0.3 is 0 Å². The first-order valence-electron chi connectivity index (χ1n) is 3.43. The minimum Gasteiger partial charge on any atom is -0.345 e. The summed E-state index contributed by atoms with van der Waals surface area (Å²) in [5.41, 5.74) is 2.25. The normalized spacial score (nSPS) is 10.7. The number of halogens is 1. The molecule has 0 atom stereocenters. The number of rotatable bonds is 0. The van der Waals surface area contributed by atoms with Gasteiger partial charge in [-0.2, -0.15) is 0 Å². The largest absolute Gasteiger partial charge is 0.345 e. The molecular weight excluding hydrogens is 158 g/mol. The van der Waals surface area contributed by atoms with Crippen molar-refractivity contribution in [2.45, 2.75) is 6.92 Å². The quantitative estimate of drug-likeness (QED) is 0.616. The molecule has 0 bridgehead atoms. The topological polar surface area (TPSA) is 15.8 Å². The van der Waals surface area contributed by atoms with E-state index in [0.717, 1.165) is 10.9 Å². The van der Waals surface area contributed by atoms with Crippen LogP contribution in [0.4, 0.5) is 0 Å². The highest BCUT2D eigenvalue weighted by Gasteiger charge is 1.99. The standard InChI is InChI=1S/C9H7ClN/c1-6-3-2-4-8-7(6)5-9(10)11-8/h2-4,11H,1H3. The first kappa shape index (κ1) is 6.74. The third-order valence-corrected chi connectivity index (χ3v) is 1.94. The lowest BCUT2D eigenvalue weighted by Gasteiger charge is -1.91. The Kier molecular flexibility index (Phi) is 1.40. The van der Waals surface area contributed by atoms with Crippen LogP contribution in [0.5, 0.6) is 0 Å². The van der Waals surface area contributed by atoms with Crippen LogP contribution in [-0.2, 0) is 0 Å². The van der Waals surface area contributed by atoms with Gasteiger partial charge < -0.3 is 4.98 Å². The third-order valence-electron chi connectivity index (χ3n) is 1.75. The summed E-state index contributed by atoms with van der Waals surface area (Å²) < 4.78 is 0. The van der Waals surface area contributed by atoms with E-state index >= 15 is 0 Å². The Balaban J connectivity index is 2.90. The van der Waals surface area contributed by atoms with Crippen molar-refractivity contribution in [3.8, 4) is 0 Å². The Morgan fingerprint density at radius 1 is 1.45 bits per heavy atom. The van der Waals surface area contributed by atoms with E-state index in [4.69, 9.17) is 11.6 Å². The van der Waals surface area contributed by atoms with Gasteiger partial charge in [0.05, 0.1) is 0 Å². The average Bonchev–Trinajstić information content (AvgIpc) is 2.31. The van der Waals surface area contributed by atoms with Crippen molar-refractivity contribution in [1.29, 1.82) is 0 Å². The highest BCUT2D eigenvalue weighted by molar-refractivity contribution is 6.30. The second-order valence-electron chi connectivity index (χ2n) is 2.56. The smallest absolute Gasteiger partial charge is 0.115 e. The number of hydrogen-bond acceptors (Lipinski definition) is 0. The molecule has 0 unspecified atom stereocenters. The highest BCUT2D eigenvalue weighted by Crippen LogP contribution is 2.20. The first-order chi connectivity index (χ1) is 5.27. The number of aromatic amines is 1. The summed E-state index contributed by atoms with van der Waals surface area (Å²) in [7, 11) is 0. The fraction of sp³-hybridized carbons (Fsp3) is 0.111. The van der Waals surface area contributed by atoms with Gasteiger partial charge in [-0.3, -0.25) is 0 Å². The van der Waals surface area contributed by atoms with Crippen LogP contribution in [0.25, 0.3) is 10.9 Å². The fourth-order valence-electron chi connectivity index (χ4n) is 1.20. The van der Waals surface area contributed by atoms with E-state index in [1.165, 1.54) is 5.56 Å². The monoisotopic (exact) mass is 164 g/mol. The van der Waals surface area contributed by atoms with Gasteiger partial charge in [-0.25, -0.2) is 0 Å². The van der Waals surface area contributed by atoms with Crippen molar-refractivity contribution in [2.24, 2.45) is 0 Å². The summed E-state index contributed by atoms with van der Waals surface area (Å²) in [4.78, 5) is 3.01. The molecular formula is C9H7ClN. The van der Waals surface area contributed by atoms with Crippen LogP contribution in [0.3, 0.4) is 0 Å². The third kappa shape index (κ3) is 1.02. The molecule has 1 aromatic heterocycles. The number of aryl methyl sites for hydroxylation is 1. The van der Waals surface area contributed by atoms with Crippen LogP contribution in [0, 0.1) is 13.0 Å². The maximum Gasteiger partial charge on any atom is 0.115 e. The number of H-pyrrole nitrogens is 1. The molecule has 1 nitrogen and oxygen atoms in total. The van der Waals surface area contributed by atoms with Gasteiger partial charge in [0, 0.05) is 17.0 Å². The van der Waals surface area contributed by atoms with Crippen molar-refractivity contribution < 1.29 is 0 Å². The summed E-state index contributed by atoms with van der Waals surface area (Å²) >= 11 is 5.74. The van der Waals surface area contributed by atoms with E-state index < -0.39 is 0 Å².